The van der Waals surface area contributed by atoms with Gasteiger partial charge in [0, 0.05) is 57.3 Å². The van der Waals surface area contributed by atoms with Crippen molar-refractivity contribution >= 4 is 23.4 Å². The van der Waals surface area contributed by atoms with Crippen LogP contribution in [0.15, 0.2) is 24.3 Å². The van der Waals surface area contributed by atoms with Gasteiger partial charge in [0.2, 0.25) is 11.8 Å². The molecule has 0 aromatic heterocycles. The number of carbonyl (C=O) groups is 2. The molecule has 1 aliphatic rings. The molecule has 0 atom stereocenters. The Hall–Kier alpha value is -1.63. The third kappa shape index (κ3) is 7.32. The third-order valence-electron chi connectivity index (χ3n) is 4.49. The minimum absolute atomic E-state index is 0.0336. The summed E-state index contributed by atoms with van der Waals surface area (Å²) in [6.45, 7) is 7.95. The first-order valence-corrected chi connectivity index (χ1v) is 9.67. The minimum Gasteiger partial charge on any atom is -0.355 e. The van der Waals surface area contributed by atoms with Gasteiger partial charge in [-0.1, -0.05) is 36.7 Å². The molecule has 1 aliphatic heterocycles. The van der Waals surface area contributed by atoms with Crippen molar-refractivity contribution in [3.05, 3.63) is 34.9 Å². The number of nitrogens with zero attached hydrogens (tertiary/aromatic N) is 2. The average Bonchev–Trinajstić information content (AvgIpc) is 2.65. The van der Waals surface area contributed by atoms with E-state index in [0.29, 0.717) is 24.5 Å². The monoisotopic (exact) mass is 380 g/mol. The predicted molar refractivity (Wildman–Crippen MR) is 104 cm³/mol. The first kappa shape index (κ1) is 20.7. The first-order valence-electron chi connectivity index (χ1n) is 9.30. The molecule has 7 heteroatoms. The lowest BCUT2D eigenvalue weighted by Crippen LogP contribution is -2.50. The Morgan fingerprint density at radius 3 is 2.42 bits per heavy atom. The van der Waals surface area contributed by atoms with Crippen molar-refractivity contribution in [1.82, 2.24) is 20.4 Å². The summed E-state index contributed by atoms with van der Waals surface area (Å²) in [5.41, 5.74) is 0.928. The molecule has 1 fully saturated rings. The molecule has 0 radical (unpaired) electrons. The van der Waals surface area contributed by atoms with Crippen LogP contribution in [0, 0.1) is 0 Å². The largest absolute Gasteiger partial charge is 0.355 e. The Kier molecular flexibility index (Phi) is 8.88. The number of benzene rings is 1. The maximum atomic E-state index is 12.0. The van der Waals surface area contributed by atoms with Crippen LogP contribution in [0.2, 0.25) is 5.02 Å². The molecule has 1 heterocycles. The summed E-state index contributed by atoms with van der Waals surface area (Å²) in [6, 6.07) is 7.53. The summed E-state index contributed by atoms with van der Waals surface area (Å²) in [4.78, 5) is 28.2. The molecule has 1 saturated heterocycles. The lowest BCUT2D eigenvalue weighted by atomic mass is 10.2. The van der Waals surface area contributed by atoms with Crippen LogP contribution in [0.25, 0.3) is 0 Å². The van der Waals surface area contributed by atoms with Crippen LogP contribution >= 0.6 is 11.6 Å². The maximum absolute atomic E-state index is 12.0. The van der Waals surface area contributed by atoms with Crippen molar-refractivity contribution in [3.8, 4) is 0 Å². The van der Waals surface area contributed by atoms with E-state index in [1.165, 1.54) is 0 Å². The number of rotatable bonds is 9. The standard InChI is InChI=1S/C19H29ClN4O2/c1-2-8-21-19(26)15-24-12-10-23(11-13-24)9-7-18(25)22-14-16-5-3-4-6-17(16)20/h3-6H,2,7-15H2,1H3,(H,21,26)(H,22,25). The van der Waals surface area contributed by atoms with Crippen molar-refractivity contribution < 1.29 is 9.59 Å². The highest BCUT2D eigenvalue weighted by molar-refractivity contribution is 6.31. The Morgan fingerprint density at radius 2 is 1.73 bits per heavy atom. The van der Waals surface area contributed by atoms with Crippen molar-refractivity contribution in [3.63, 3.8) is 0 Å². The van der Waals surface area contributed by atoms with Crippen LogP contribution in [0.1, 0.15) is 25.3 Å². The zero-order chi connectivity index (χ0) is 18.8. The van der Waals surface area contributed by atoms with Gasteiger partial charge in [-0.3, -0.25) is 14.5 Å². The molecule has 1 aromatic carbocycles. The van der Waals surface area contributed by atoms with E-state index in [0.717, 1.165) is 51.3 Å². The fourth-order valence-electron chi connectivity index (χ4n) is 2.88. The van der Waals surface area contributed by atoms with Gasteiger partial charge in [0.25, 0.3) is 0 Å². The summed E-state index contributed by atoms with van der Waals surface area (Å²) < 4.78 is 0. The molecule has 26 heavy (non-hydrogen) atoms. The summed E-state index contributed by atoms with van der Waals surface area (Å²) in [7, 11) is 0. The Morgan fingerprint density at radius 1 is 1.04 bits per heavy atom. The quantitative estimate of drug-likeness (QED) is 0.681. The minimum atomic E-state index is 0.0336. The lowest BCUT2D eigenvalue weighted by Gasteiger charge is -2.34. The fourth-order valence-corrected chi connectivity index (χ4v) is 3.08. The number of hydrogen-bond donors (Lipinski definition) is 2. The molecule has 6 nitrogen and oxygen atoms in total. The maximum Gasteiger partial charge on any atom is 0.234 e. The van der Waals surface area contributed by atoms with Gasteiger partial charge in [-0.15, -0.1) is 0 Å². The Balaban J connectivity index is 1.60. The predicted octanol–water partition coefficient (Wildman–Crippen LogP) is 1.49. The van der Waals surface area contributed by atoms with Gasteiger partial charge in [-0.2, -0.15) is 0 Å². The number of halogens is 1. The van der Waals surface area contributed by atoms with E-state index in [-0.39, 0.29) is 11.8 Å². The molecular formula is C19H29ClN4O2. The molecule has 144 valence electrons. The van der Waals surface area contributed by atoms with E-state index in [1.807, 2.05) is 31.2 Å². The van der Waals surface area contributed by atoms with Crippen LogP contribution in [0.3, 0.4) is 0 Å². The molecule has 2 N–H and O–H groups in total. The van der Waals surface area contributed by atoms with Crippen molar-refractivity contribution in [2.75, 3.05) is 45.8 Å². The SMILES string of the molecule is CCCNC(=O)CN1CCN(CCC(=O)NCc2ccccc2Cl)CC1. The van der Waals surface area contributed by atoms with Crippen LogP contribution in [-0.2, 0) is 16.1 Å². The summed E-state index contributed by atoms with van der Waals surface area (Å²) in [5, 5.41) is 6.50. The molecule has 0 saturated carbocycles. The van der Waals surface area contributed by atoms with Gasteiger partial charge in [0.15, 0.2) is 0 Å². The van der Waals surface area contributed by atoms with E-state index in [1.54, 1.807) is 0 Å². The second-order valence-electron chi connectivity index (χ2n) is 6.59. The number of amides is 2. The van der Waals surface area contributed by atoms with E-state index in [4.69, 9.17) is 11.6 Å². The van der Waals surface area contributed by atoms with E-state index < -0.39 is 0 Å². The molecule has 0 aliphatic carbocycles. The number of hydrogen-bond acceptors (Lipinski definition) is 4. The smallest absolute Gasteiger partial charge is 0.234 e. The van der Waals surface area contributed by atoms with Gasteiger partial charge in [-0.25, -0.2) is 0 Å². The van der Waals surface area contributed by atoms with Gasteiger partial charge in [0.05, 0.1) is 6.54 Å². The Labute approximate surface area is 160 Å². The first-order chi connectivity index (χ1) is 12.6. The van der Waals surface area contributed by atoms with Crippen molar-refractivity contribution in [2.45, 2.75) is 26.3 Å². The van der Waals surface area contributed by atoms with Crippen molar-refractivity contribution in [1.29, 1.82) is 0 Å². The summed E-state index contributed by atoms with van der Waals surface area (Å²) in [5.74, 6) is 0.130. The van der Waals surface area contributed by atoms with Gasteiger partial charge < -0.3 is 15.5 Å². The lowest BCUT2D eigenvalue weighted by molar-refractivity contribution is -0.122. The van der Waals surface area contributed by atoms with E-state index in [2.05, 4.69) is 20.4 Å². The van der Waals surface area contributed by atoms with Crippen LogP contribution in [0.5, 0.6) is 0 Å². The number of nitrogens with one attached hydrogen (secondary N) is 2. The topological polar surface area (TPSA) is 64.7 Å². The molecule has 0 unspecified atom stereocenters. The van der Waals surface area contributed by atoms with Crippen LogP contribution in [0.4, 0.5) is 0 Å². The van der Waals surface area contributed by atoms with Gasteiger partial charge in [0.1, 0.15) is 0 Å². The van der Waals surface area contributed by atoms with E-state index >= 15 is 0 Å². The van der Waals surface area contributed by atoms with E-state index in [9.17, 15) is 9.59 Å². The van der Waals surface area contributed by atoms with Gasteiger partial charge >= 0.3 is 0 Å². The zero-order valence-corrected chi connectivity index (χ0v) is 16.2. The Bertz CT molecular complexity index is 589. The highest BCUT2D eigenvalue weighted by Gasteiger charge is 2.19. The highest BCUT2D eigenvalue weighted by Crippen LogP contribution is 2.14. The second kappa shape index (κ2) is 11.2. The normalized spacial score (nSPS) is 15.6. The van der Waals surface area contributed by atoms with Gasteiger partial charge in [-0.05, 0) is 18.1 Å². The van der Waals surface area contributed by atoms with Crippen LogP contribution < -0.4 is 10.6 Å². The summed E-state index contributed by atoms with van der Waals surface area (Å²) >= 11 is 6.09. The second-order valence-corrected chi connectivity index (χ2v) is 6.99. The zero-order valence-electron chi connectivity index (χ0n) is 15.5. The average molecular weight is 381 g/mol. The molecule has 1 aromatic rings. The fraction of sp³-hybridized carbons (Fsp3) is 0.579. The molecular weight excluding hydrogens is 352 g/mol. The molecule has 0 spiro atoms. The van der Waals surface area contributed by atoms with Crippen LogP contribution in [-0.4, -0.2) is 67.4 Å². The molecule has 2 amide bonds. The molecule has 2 rings (SSSR count). The van der Waals surface area contributed by atoms with Crippen molar-refractivity contribution in [2.24, 2.45) is 0 Å². The number of carbonyl (C=O) groups excluding carboxylic acids is 2. The summed E-state index contributed by atoms with van der Waals surface area (Å²) in [6.07, 6.45) is 1.43. The third-order valence-corrected chi connectivity index (χ3v) is 4.86. The highest BCUT2D eigenvalue weighted by atomic mass is 35.5. The number of piperazine rings is 1. The molecule has 0 bridgehead atoms.